The monoisotopic (exact) mass is 415 g/mol. The lowest BCUT2D eigenvalue weighted by Crippen LogP contribution is -2.18. The van der Waals surface area contributed by atoms with Crippen molar-refractivity contribution >= 4 is 35.0 Å². The maximum absolute atomic E-state index is 12.2. The number of methoxy groups -OCH3 is 1. The average Bonchev–Trinajstić information content (AvgIpc) is 2.66. The van der Waals surface area contributed by atoms with E-state index in [9.17, 15) is 9.59 Å². The van der Waals surface area contributed by atoms with Crippen LogP contribution in [0.4, 0.5) is 5.69 Å². The number of aromatic nitrogens is 2. The molecule has 0 unspecified atom stereocenters. The van der Waals surface area contributed by atoms with E-state index in [4.69, 9.17) is 16.3 Å². The number of hydrogen-bond donors (Lipinski definition) is 2. The fourth-order valence-electron chi connectivity index (χ4n) is 2.49. The van der Waals surface area contributed by atoms with Crippen LogP contribution in [0.15, 0.2) is 64.5 Å². The Kier molecular flexibility index (Phi) is 6.73. The molecule has 3 rings (SSSR count). The van der Waals surface area contributed by atoms with Gasteiger partial charge in [0.25, 0.3) is 5.56 Å². The largest absolute Gasteiger partial charge is 0.497 e. The molecule has 144 valence electrons. The Morgan fingerprint density at radius 2 is 2.04 bits per heavy atom. The van der Waals surface area contributed by atoms with E-state index in [1.54, 1.807) is 31.4 Å². The summed E-state index contributed by atoms with van der Waals surface area (Å²) in [7, 11) is 1.61. The number of anilines is 1. The second kappa shape index (κ2) is 9.43. The molecule has 1 aromatic heterocycles. The number of carbonyl (C=O) groups excluding carboxylic acids is 1. The molecular formula is C20H18ClN3O3S. The van der Waals surface area contributed by atoms with Crippen molar-refractivity contribution in [1.29, 1.82) is 0 Å². The van der Waals surface area contributed by atoms with Crippen molar-refractivity contribution in [2.75, 3.05) is 12.4 Å². The SMILES string of the molecule is COc1cccc(CSc2nc(CC(=O)Nc3cccc(Cl)c3)cc(=O)[nH]2)c1. The molecule has 0 saturated carbocycles. The maximum atomic E-state index is 12.2. The molecule has 0 aliphatic carbocycles. The van der Waals surface area contributed by atoms with E-state index < -0.39 is 0 Å². The zero-order valence-corrected chi connectivity index (χ0v) is 16.6. The Hall–Kier alpha value is -2.77. The average molecular weight is 416 g/mol. The first-order chi connectivity index (χ1) is 13.5. The summed E-state index contributed by atoms with van der Waals surface area (Å²) >= 11 is 7.30. The smallest absolute Gasteiger partial charge is 0.251 e. The minimum absolute atomic E-state index is 0.0108. The number of nitrogens with zero attached hydrogens (tertiary/aromatic N) is 1. The summed E-state index contributed by atoms with van der Waals surface area (Å²) in [6, 6.07) is 15.9. The molecule has 0 atom stereocenters. The second-order valence-electron chi connectivity index (χ2n) is 5.92. The topological polar surface area (TPSA) is 84.1 Å². The number of amides is 1. The van der Waals surface area contributed by atoms with E-state index in [1.165, 1.54) is 17.8 Å². The Labute approximate surface area is 171 Å². The van der Waals surface area contributed by atoms with E-state index in [2.05, 4.69) is 15.3 Å². The van der Waals surface area contributed by atoms with Crippen LogP contribution in [0, 0.1) is 0 Å². The van der Waals surface area contributed by atoms with E-state index in [-0.39, 0.29) is 17.9 Å². The minimum atomic E-state index is -0.298. The molecule has 0 aliphatic heterocycles. The van der Waals surface area contributed by atoms with Crippen molar-refractivity contribution in [2.24, 2.45) is 0 Å². The van der Waals surface area contributed by atoms with Gasteiger partial charge in [-0.1, -0.05) is 41.6 Å². The summed E-state index contributed by atoms with van der Waals surface area (Å²) in [5.41, 5.74) is 1.73. The third-order valence-electron chi connectivity index (χ3n) is 3.73. The molecule has 1 amide bonds. The molecule has 0 spiro atoms. The Morgan fingerprint density at radius 1 is 1.21 bits per heavy atom. The van der Waals surface area contributed by atoms with E-state index >= 15 is 0 Å². The second-order valence-corrected chi connectivity index (χ2v) is 7.32. The van der Waals surface area contributed by atoms with Gasteiger partial charge in [0, 0.05) is 22.5 Å². The van der Waals surface area contributed by atoms with Crippen molar-refractivity contribution in [3.8, 4) is 5.75 Å². The first-order valence-corrected chi connectivity index (χ1v) is 9.79. The van der Waals surface area contributed by atoms with Gasteiger partial charge in [-0.2, -0.15) is 0 Å². The molecule has 0 radical (unpaired) electrons. The number of hydrogen-bond acceptors (Lipinski definition) is 5. The third kappa shape index (κ3) is 5.87. The molecule has 1 heterocycles. The van der Waals surface area contributed by atoms with Gasteiger partial charge in [-0.25, -0.2) is 4.98 Å². The van der Waals surface area contributed by atoms with Gasteiger partial charge in [0.05, 0.1) is 19.2 Å². The van der Waals surface area contributed by atoms with Crippen molar-refractivity contribution < 1.29 is 9.53 Å². The predicted molar refractivity (Wildman–Crippen MR) is 111 cm³/mol. The Balaban J connectivity index is 1.65. The number of ether oxygens (including phenoxy) is 1. The first-order valence-electron chi connectivity index (χ1n) is 8.43. The van der Waals surface area contributed by atoms with Crippen molar-refractivity contribution in [2.45, 2.75) is 17.3 Å². The van der Waals surface area contributed by atoms with Crippen LogP contribution in [0.3, 0.4) is 0 Å². The lowest BCUT2D eigenvalue weighted by Gasteiger charge is -2.07. The molecule has 0 aliphatic rings. The highest BCUT2D eigenvalue weighted by atomic mass is 35.5. The number of halogens is 1. The predicted octanol–water partition coefficient (Wildman–Crippen LogP) is 3.91. The summed E-state index contributed by atoms with van der Waals surface area (Å²) in [4.78, 5) is 31.2. The van der Waals surface area contributed by atoms with Crippen LogP contribution in [0.25, 0.3) is 0 Å². The molecule has 3 aromatic rings. The number of carbonyl (C=O) groups is 1. The van der Waals surface area contributed by atoms with E-state index in [0.29, 0.717) is 27.3 Å². The van der Waals surface area contributed by atoms with Crippen molar-refractivity contribution in [3.63, 3.8) is 0 Å². The number of nitrogens with one attached hydrogen (secondary N) is 2. The van der Waals surface area contributed by atoms with Gasteiger partial charge in [-0.15, -0.1) is 0 Å². The van der Waals surface area contributed by atoms with Crippen LogP contribution < -0.4 is 15.6 Å². The molecule has 0 bridgehead atoms. The highest BCUT2D eigenvalue weighted by Gasteiger charge is 2.09. The quantitative estimate of drug-likeness (QED) is 0.451. The lowest BCUT2D eigenvalue weighted by atomic mass is 10.2. The molecule has 6 nitrogen and oxygen atoms in total. The maximum Gasteiger partial charge on any atom is 0.251 e. The van der Waals surface area contributed by atoms with Crippen LogP contribution in [0.1, 0.15) is 11.3 Å². The van der Waals surface area contributed by atoms with Crippen LogP contribution >= 0.6 is 23.4 Å². The Morgan fingerprint density at radius 3 is 2.82 bits per heavy atom. The van der Waals surface area contributed by atoms with Gasteiger partial charge < -0.3 is 15.0 Å². The van der Waals surface area contributed by atoms with Crippen LogP contribution in [0.5, 0.6) is 5.75 Å². The third-order valence-corrected chi connectivity index (χ3v) is 4.91. The highest BCUT2D eigenvalue weighted by molar-refractivity contribution is 7.98. The number of thioether (sulfide) groups is 1. The Bertz CT molecular complexity index is 1040. The van der Waals surface area contributed by atoms with Crippen LogP contribution in [-0.2, 0) is 17.0 Å². The highest BCUT2D eigenvalue weighted by Crippen LogP contribution is 2.21. The normalized spacial score (nSPS) is 10.5. The van der Waals surface area contributed by atoms with E-state index in [0.717, 1.165) is 11.3 Å². The number of aromatic amines is 1. The standard InChI is InChI=1S/C20H18ClN3O3S/c1-27-17-7-2-4-13(8-17)12-28-20-23-16(11-19(26)24-20)10-18(25)22-15-6-3-5-14(21)9-15/h2-9,11H,10,12H2,1H3,(H,22,25)(H,23,24,26). The lowest BCUT2D eigenvalue weighted by molar-refractivity contribution is -0.115. The summed E-state index contributed by atoms with van der Waals surface area (Å²) in [5.74, 6) is 1.10. The molecule has 0 fully saturated rings. The number of rotatable bonds is 7. The molecular weight excluding hydrogens is 398 g/mol. The number of benzene rings is 2. The fourth-order valence-corrected chi connectivity index (χ4v) is 3.52. The van der Waals surface area contributed by atoms with Gasteiger partial charge in [-0.05, 0) is 35.9 Å². The van der Waals surface area contributed by atoms with Gasteiger partial charge in [-0.3, -0.25) is 9.59 Å². The minimum Gasteiger partial charge on any atom is -0.497 e. The zero-order valence-electron chi connectivity index (χ0n) is 15.1. The van der Waals surface area contributed by atoms with Gasteiger partial charge in [0.2, 0.25) is 5.91 Å². The summed E-state index contributed by atoms with van der Waals surface area (Å²) in [6.07, 6.45) is -0.0108. The molecule has 2 N–H and O–H groups in total. The van der Waals surface area contributed by atoms with E-state index in [1.807, 2.05) is 24.3 Å². The van der Waals surface area contributed by atoms with Gasteiger partial charge in [0.15, 0.2) is 5.16 Å². The summed E-state index contributed by atoms with van der Waals surface area (Å²) in [6.45, 7) is 0. The van der Waals surface area contributed by atoms with Crippen molar-refractivity contribution in [3.05, 3.63) is 81.2 Å². The van der Waals surface area contributed by atoms with Crippen LogP contribution in [-0.4, -0.2) is 23.0 Å². The van der Waals surface area contributed by atoms with Crippen molar-refractivity contribution in [1.82, 2.24) is 9.97 Å². The van der Waals surface area contributed by atoms with Crippen LogP contribution in [0.2, 0.25) is 5.02 Å². The molecule has 0 saturated heterocycles. The molecule has 28 heavy (non-hydrogen) atoms. The number of H-pyrrole nitrogens is 1. The summed E-state index contributed by atoms with van der Waals surface area (Å²) < 4.78 is 5.21. The molecule has 8 heteroatoms. The molecule has 2 aromatic carbocycles. The first kappa shape index (κ1) is 20.0. The van der Waals surface area contributed by atoms with Gasteiger partial charge in [0.1, 0.15) is 5.75 Å². The fraction of sp³-hybridized carbons (Fsp3) is 0.150. The zero-order chi connectivity index (χ0) is 19.9. The van der Waals surface area contributed by atoms with Gasteiger partial charge >= 0.3 is 0 Å². The summed E-state index contributed by atoms with van der Waals surface area (Å²) in [5, 5.41) is 3.73.